The lowest BCUT2D eigenvalue weighted by molar-refractivity contribution is -0.127. The second kappa shape index (κ2) is 8.96. The summed E-state index contributed by atoms with van der Waals surface area (Å²) < 4.78 is 5.69. The number of hydrogen-bond acceptors (Lipinski definition) is 3. The van der Waals surface area contributed by atoms with Crippen LogP contribution in [0.3, 0.4) is 0 Å². The third kappa shape index (κ3) is 5.42. The van der Waals surface area contributed by atoms with E-state index < -0.39 is 6.10 Å². The van der Waals surface area contributed by atoms with E-state index in [4.69, 9.17) is 10.5 Å². The fourth-order valence-corrected chi connectivity index (χ4v) is 2.24. The quantitative estimate of drug-likeness (QED) is 0.737. The molecule has 2 aromatic carbocycles. The van der Waals surface area contributed by atoms with E-state index in [1.165, 1.54) is 0 Å². The molecule has 122 valence electrons. The minimum atomic E-state index is -0.518. The van der Waals surface area contributed by atoms with Crippen LogP contribution in [-0.4, -0.2) is 25.1 Å². The van der Waals surface area contributed by atoms with Gasteiger partial charge in [0.1, 0.15) is 5.75 Å². The van der Waals surface area contributed by atoms with Gasteiger partial charge in [0.25, 0.3) is 5.91 Å². The van der Waals surface area contributed by atoms with Crippen molar-refractivity contribution in [3.63, 3.8) is 0 Å². The fourth-order valence-electron chi connectivity index (χ4n) is 2.24. The molecule has 2 aromatic rings. The number of nitrogens with two attached hydrogens (primary N) is 1. The van der Waals surface area contributed by atoms with Gasteiger partial charge in [0.2, 0.25) is 0 Å². The first-order valence-electron chi connectivity index (χ1n) is 8.00. The van der Waals surface area contributed by atoms with Crippen molar-refractivity contribution in [1.29, 1.82) is 0 Å². The van der Waals surface area contributed by atoms with Gasteiger partial charge in [-0.1, -0.05) is 42.5 Å². The number of ether oxygens (including phenoxy) is 1. The van der Waals surface area contributed by atoms with E-state index in [1.54, 1.807) is 6.92 Å². The molecule has 0 aliphatic carbocycles. The van der Waals surface area contributed by atoms with Gasteiger partial charge in [-0.2, -0.15) is 0 Å². The summed E-state index contributed by atoms with van der Waals surface area (Å²) >= 11 is 0. The molecule has 4 nitrogen and oxygen atoms in total. The van der Waals surface area contributed by atoms with Crippen LogP contribution >= 0.6 is 0 Å². The average molecular weight is 312 g/mol. The molecule has 1 amide bonds. The highest BCUT2D eigenvalue weighted by atomic mass is 16.5. The first-order valence-corrected chi connectivity index (χ1v) is 8.00. The molecule has 0 bridgehead atoms. The molecule has 0 aliphatic heterocycles. The Hall–Kier alpha value is -2.33. The number of benzene rings is 2. The fraction of sp³-hybridized carbons (Fsp3) is 0.316. The summed E-state index contributed by atoms with van der Waals surface area (Å²) in [4.78, 5) is 11.9. The number of carbonyl (C=O) groups is 1. The van der Waals surface area contributed by atoms with Gasteiger partial charge in [-0.3, -0.25) is 4.79 Å². The zero-order chi connectivity index (χ0) is 16.5. The highest BCUT2D eigenvalue weighted by Gasteiger charge is 2.13. The van der Waals surface area contributed by atoms with E-state index in [0.717, 1.165) is 24.0 Å². The Bertz CT molecular complexity index is 597. The topological polar surface area (TPSA) is 64.3 Å². The summed E-state index contributed by atoms with van der Waals surface area (Å²) in [6.45, 7) is 3.04. The van der Waals surface area contributed by atoms with Crippen molar-refractivity contribution in [1.82, 2.24) is 5.32 Å². The number of hydrogen-bond donors (Lipinski definition) is 2. The average Bonchev–Trinajstić information content (AvgIpc) is 2.60. The predicted molar refractivity (Wildman–Crippen MR) is 93.3 cm³/mol. The van der Waals surface area contributed by atoms with Gasteiger partial charge in [-0.15, -0.1) is 0 Å². The highest BCUT2D eigenvalue weighted by molar-refractivity contribution is 5.80. The Morgan fingerprint density at radius 2 is 1.70 bits per heavy atom. The van der Waals surface area contributed by atoms with Crippen molar-refractivity contribution in [3.8, 4) is 16.9 Å². The SMILES string of the molecule is CC(Oc1ccc(-c2ccccc2)cc1)C(=O)NCCCCN. The van der Waals surface area contributed by atoms with E-state index in [9.17, 15) is 4.79 Å². The van der Waals surface area contributed by atoms with Crippen LogP contribution in [-0.2, 0) is 4.79 Å². The summed E-state index contributed by atoms with van der Waals surface area (Å²) in [6, 6.07) is 17.9. The monoisotopic (exact) mass is 312 g/mol. The van der Waals surface area contributed by atoms with Crippen molar-refractivity contribution in [2.24, 2.45) is 5.73 Å². The van der Waals surface area contributed by atoms with Gasteiger partial charge in [-0.05, 0) is 49.6 Å². The minimum Gasteiger partial charge on any atom is -0.481 e. The normalized spacial score (nSPS) is 11.7. The lowest BCUT2D eigenvalue weighted by Gasteiger charge is -2.15. The van der Waals surface area contributed by atoms with Crippen LogP contribution in [0.4, 0.5) is 0 Å². The number of carbonyl (C=O) groups excluding carboxylic acids is 1. The van der Waals surface area contributed by atoms with Crippen LogP contribution in [0, 0.1) is 0 Å². The first-order chi connectivity index (χ1) is 11.2. The number of rotatable bonds is 8. The summed E-state index contributed by atoms with van der Waals surface area (Å²) in [5, 5.41) is 2.86. The molecule has 0 aromatic heterocycles. The molecule has 0 heterocycles. The van der Waals surface area contributed by atoms with E-state index in [-0.39, 0.29) is 5.91 Å². The molecule has 0 spiro atoms. The van der Waals surface area contributed by atoms with Crippen LogP contribution in [0.25, 0.3) is 11.1 Å². The van der Waals surface area contributed by atoms with Gasteiger partial charge in [0, 0.05) is 6.54 Å². The second-order valence-electron chi connectivity index (χ2n) is 5.44. The first kappa shape index (κ1) is 17.0. The van der Waals surface area contributed by atoms with Gasteiger partial charge < -0.3 is 15.8 Å². The van der Waals surface area contributed by atoms with E-state index >= 15 is 0 Å². The van der Waals surface area contributed by atoms with Gasteiger partial charge >= 0.3 is 0 Å². The summed E-state index contributed by atoms with van der Waals surface area (Å²) in [6.07, 6.45) is 1.28. The Kier molecular flexibility index (Phi) is 6.63. The second-order valence-corrected chi connectivity index (χ2v) is 5.44. The maximum absolute atomic E-state index is 11.9. The van der Waals surface area contributed by atoms with Crippen molar-refractivity contribution in [2.75, 3.05) is 13.1 Å². The molecule has 0 fully saturated rings. The molecular weight excluding hydrogens is 288 g/mol. The molecule has 1 atom stereocenters. The molecule has 0 aliphatic rings. The molecule has 0 radical (unpaired) electrons. The van der Waals surface area contributed by atoms with Crippen LogP contribution in [0.15, 0.2) is 54.6 Å². The molecule has 4 heteroatoms. The minimum absolute atomic E-state index is 0.103. The molecular formula is C19H24N2O2. The Morgan fingerprint density at radius 3 is 2.35 bits per heavy atom. The van der Waals surface area contributed by atoms with Gasteiger partial charge in [0.05, 0.1) is 0 Å². The smallest absolute Gasteiger partial charge is 0.260 e. The lowest BCUT2D eigenvalue weighted by Crippen LogP contribution is -2.36. The van der Waals surface area contributed by atoms with Crippen molar-refractivity contribution in [3.05, 3.63) is 54.6 Å². The summed E-state index contributed by atoms with van der Waals surface area (Å²) in [5.74, 6) is 0.587. The molecule has 2 rings (SSSR count). The maximum atomic E-state index is 11.9. The predicted octanol–water partition coefficient (Wildman–Crippen LogP) is 2.98. The van der Waals surface area contributed by atoms with Crippen molar-refractivity contribution < 1.29 is 9.53 Å². The Balaban J connectivity index is 1.86. The van der Waals surface area contributed by atoms with E-state index in [0.29, 0.717) is 18.8 Å². The molecule has 23 heavy (non-hydrogen) atoms. The Morgan fingerprint density at radius 1 is 1.04 bits per heavy atom. The standard InChI is InChI=1S/C19H24N2O2/c1-15(19(22)21-14-6-5-13-20)23-18-11-9-17(10-12-18)16-7-3-2-4-8-16/h2-4,7-12,15H,5-6,13-14,20H2,1H3,(H,21,22). The van der Waals surface area contributed by atoms with E-state index in [1.807, 2.05) is 42.5 Å². The largest absolute Gasteiger partial charge is 0.481 e. The van der Waals surface area contributed by atoms with E-state index in [2.05, 4.69) is 17.4 Å². The third-order valence-corrected chi connectivity index (χ3v) is 3.57. The third-order valence-electron chi connectivity index (χ3n) is 3.57. The Labute approximate surface area is 137 Å². The summed E-state index contributed by atoms with van der Waals surface area (Å²) in [7, 11) is 0. The lowest BCUT2D eigenvalue weighted by atomic mass is 10.1. The van der Waals surface area contributed by atoms with Crippen LogP contribution in [0.5, 0.6) is 5.75 Å². The molecule has 1 unspecified atom stereocenters. The van der Waals surface area contributed by atoms with Crippen molar-refractivity contribution in [2.45, 2.75) is 25.9 Å². The van der Waals surface area contributed by atoms with Crippen LogP contribution < -0.4 is 15.8 Å². The van der Waals surface area contributed by atoms with Crippen LogP contribution in [0.2, 0.25) is 0 Å². The highest BCUT2D eigenvalue weighted by Crippen LogP contribution is 2.22. The number of nitrogens with one attached hydrogen (secondary N) is 1. The molecule has 0 saturated heterocycles. The molecule has 3 N–H and O–H groups in total. The number of amides is 1. The summed E-state index contributed by atoms with van der Waals surface area (Å²) in [5.41, 5.74) is 7.70. The maximum Gasteiger partial charge on any atom is 0.260 e. The van der Waals surface area contributed by atoms with Crippen molar-refractivity contribution >= 4 is 5.91 Å². The molecule has 0 saturated carbocycles. The van der Waals surface area contributed by atoms with Gasteiger partial charge in [-0.25, -0.2) is 0 Å². The number of unbranched alkanes of at least 4 members (excludes halogenated alkanes) is 1. The van der Waals surface area contributed by atoms with Gasteiger partial charge in [0.15, 0.2) is 6.10 Å². The zero-order valence-electron chi connectivity index (χ0n) is 13.5. The van der Waals surface area contributed by atoms with Crippen LogP contribution in [0.1, 0.15) is 19.8 Å². The zero-order valence-corrected chi connectivity index (χ0v) is 13.5.